The Hall–Kier alpha value is -2.16. The number of aliphatic imine (C=N–C) groups is 1. The molecule has 1 saturated heterocycles. The van der Waals surface area contributed by atoms with Gasteiger partial charge in [-0.1, -0.05) is 24.8 Å². The molecule has 34 heavy (non-hydrogen) atoms. The van der Waals surface area contributed by atoms with Crippen LogP contribution in [0.1, 0.15) is 32.6 Å². The van der Waals surface area contributed by atoms with E-state index >= 15 is 0 Å². The second-order valence-corrected chi connectivity index (χ2v) is 10.9. The highest BCUT2D eigenvalue weighted by molar-refractivity contribution is 8.14. The maximum Gasteiger partial charge on any atom is 0.154 e. The molecular formula is C26H37N7S. The number of fused-ring (bicyclic) bond motifs is 1. The average molecular weight is 480 g/mol. The van der Waals surface area contributed by atoms with Crippen LogP contribution in [0.3, 0.4) is 0 Å². The number of rotatable bonds is 8. The third kappa shape index (κ3) is 5.56. The molecule has 182 valence electrons. The molecule has 1 saturated carbocycles. The molecule has 0 amide bonds. The molecule has 5 rings (SSSR count). The Kier molecular flexibility index (Phi) is 7.67. The molecule has 3 aliphatic rings. The van der Waals surface area contributed by atoms with Gasteiger partial charge in [0.15, 0.2) is 5.17 Å². The van der Waals surface area contributed by atoms with Crippen molar-refractivity contribution in [1.82, 2.24) is 19.8 Å². The molecule has 2 N–H and O–H groups in total. The normalized spacial score (nSPS) is 25.4. The topological polar surface area (TPSA) is 73.9 Å². The van der Waals surface area contributed by atoms with E-state index in [9.17, 15) is 0 Å². The number of pyridine rings is 2. The van der Waals surface area contributed by atoms with E-state index in [4.69, 9.17) is 5.73 Å². The van der Waals surface area contributed by atoms with Gasteiger partial charge in [0.25, 0.3) is 0 Å². The molecule has 1 aliphatic carbocycles. The van der Waals surface area contributed by atoms with Gasteiger partial charge in [0, 0.05) is 56.8 Å². The molecule has 7 nitrogen and oxygen atoms in total. The van der Waals surface area contributed by atoms with Crippen LogP contribution in [0.5, 0.6) is 0 Å². The van der Waals surface area contributed by atoms with E-state index in [-0.39, 0.29) is 0 Å². The number of aromatic nitrogens is 2. The molecule has 2 unspecified atom stereocenters. The van der Waals surface area contributed by atoms with Crippen LogP contribution in [-0.4, -0.2) is 88.1 Å². The first-order valence-corrected chi connectivity index (χ1v) is 13.7. The standard InChI is InChI=1S/C26H37N7S/c1-2-11-32(20-6-9-24-25(18-20)34-26(27)30-24)15-12-31-13-16-33(17-14-31)21-7-8-23(29-19-21)22-5-3-4-10-28-22/h3-5,7-8,10,19-20,24-25H,2,6,9,11-18H2,1H3,(H2,27,30)/t20-,24?,25?/m0/s1. The Balaban J connectivity index is 1.09. The van der Waals surface area contributed by atoms with Crippen molar-refractivity contribution in [2.24, 2.45) is 10.7 Å². The number of nitrogens with two attached hydrogens (primary N) is 1. The van der Waals surface area contributed by atoms with E-state index in [0.717, 1.165) is 55.8 Å². The van der Waals surface area contributed by atoms with Crippen molar-refractivity contribution in [3.63, 3.8) is 0 Å². The molecule has 4 heterocycles. The van der Waals surface area contributed by atoms with Crippen molar-refractivity contribution in [3.8, 4) is 11.4 Å². The van der Waals surface area contributed by atoms with Crippen LogP contribution < -0.4 is 10.6 Å². The molecule has 2 aliphatic heterocycles. The van der Waals surface area contributed by atoms with E-state index in [2.05, 4.69) is 48.7 Å². The predicted molar refractivity (Wildman–Crippen MR) is 142 cm³/mol. The lowest BCUT2D eigenvalue weighted by atomic mass is 9.90. The first-order valence-electron chi connectivity index (χ1n) is 12.8. The summed E-state index contributed by atoms with van der Waals surface area (Å²) in [7, 11) is 0. The zero-order valence-corrected chi connectivity index (χ0v) is 21.0. The highest BCUT2D eigenvalue weighted by Crippen LogP contribution is 2.37. The maximum absolute atomic E-state index is 6.00. The van der Waals surface area contributed by atoms with Crippen molar-refractivity contribution in [1.29, 1.82) is 0 Å². The number of anilines is 1. The summed E-state index contributed by atoms with van der Waals surface area (Å²) in [5.41, 5.74) is 9.06. The fourth-order valence-electron chi connectivity index (χ4n) is 5.55. The molecule has 0 radical (unpaired) electrons. The van der Waals surface area contributed by atoms with Crippen LogP contribution in [0.15, 0.2) is 47.7 Å². The largest absolute Gasteiger partial charge is 0.379 e. The van der Waals surface area contributed by atoms with Gasteiger partial charge in [-0.05, 0) is 56.5 Å². The second kappa shape index (κ2) is 11.1. The Morgan fingerprint density at radius 3 is 2.62 bits per heavy atom. The quantitative estimate of drug-likeness (QED) is 0.622. The highest BCUT2D eigenvalue weighted by Gasteiger charge is 2.37. The predicted octanol–water partition coefficient (Wildman–Crippen LogP) is 3.33. The van der Waals surface area contributed by atoms with E-state index in [0.29, 0.717) is 17.3 Å². The van der Waals surface area contributed by atoms with Gasteiger partial charge in [0.05, 0.1) is 29.3 Å². The summed E-state index contributed by atoms with van der Waals surface area (Å²) < 4.78 is 0. The number of nitrogens with zero attached hydrogens (tertiary/aromatic N) is 6. The molecule has 0 bridgehead atoms. The van der Waals surface area contributed by atoms with Crippen LogP contribution in [0.25, 0.3) is 11.4 Å². The summed E-state index contributed by atoms with van der Waals surface area (Å²) in [4.78, 5) is 21.5. The van der Waals surface area contributed by atoms with Gasteiger partial charge in [-0.2, -0.15) is 0 Å². The molecule has 0 spiro atoms. The van der Waals surface area contributed by atoms with E-state index in [1.165, 1.54) is 37.9 Å². The van der Waals surface area contributed by atoms with Crippen molar-refractivity contribution < 1.29 is 0 Å². The van der Waals surface area contributed by atoms with Crippen molar-refractivity contribution >= 4 is 22.6 Å². The molecule has 2 aromatic rings. The minimum atomic E-state index is 0.463. The van der Waals surface area contributed by atoms with Gasteiger partial charge in [0.2, 0.25) is 0 Å². The third-order valence-electron chi connectivity index (χ3n) is 7.44. The Morgan fingerprint density at radius 2 is 1.88 bits per heavy atom. The molecular weight excluding hydrogens is 442 g/mol. The van der Waals surface area contributed by atoms with E-state index in [1.807, 2.05) is 42.4 Å². The monoisotopic (exact) mass is 479 g/mol. The lowest BCUT2D eigenvalue weighted by Crippen LogP contribution is -2.50. The molecule has 3 atom stereocenters. The lowest BCUT2D eigenvalue weighted by molar-refractivity contribution is 0.128. The SMILES string of the molecule is CCCN(CCN1CCN(c2ccc(-c3ccccn3)nc2)CC1)[C@H]1CCC2N=C(N)SC2C1. The minimum absolute atomic E-state index is 0.463. The zero-order valence-electron chi connectivity index (χ0n) is 20.2. The Morgan fingerprint density at radius 1 is 1.03 bits per heavy atom. The van der Waals surface area contributed by atoms with E-state index < -0.39 is 0 Å². The van der Waals surface area contributed by atoms with Gasteiger partial charge in [0.1, 0.15) is 0 Å². The number of amidine groups is 1. The summed E-state index contributed by atoms with van der Waals surface area (Å²) in [6, 6.07) is 11.4. The molecule has 2 fully saturated rings. The van der Waals surface area contributed by atoms with Crippen molar-refractivity contribution in [2.75, 3.05) is 50.7 Å². The first kappa shape index (κ1) is 23.6. The number of hydrogen-bond donors (Lipinski definition) is 1. The minimum Gasteiger partial charge on any atom is -0.379 e. The lowest BCUT2D eigenvalue weighted by Gasteiger charge is -2.40. The summed E-state index contributed by atoms with van der Waals surface area (Å²) in [6.07, 6.45) is 8.70. The van der Waals surface area contributed by atoms with Crippen LogP contribution in [0.4, 0.5) is 5.69 Å². The fourth-order valence-corrected chi connectivity index (χ4v) is 6.73. The number of piperazine rings is 1. The summed E-state index contributed by atoms with van der Waals surface area (Å²) in [6.45, 7) is 10.1. The third-order valence-corrected chi connectivity index (χ3v) is 8.59. The first-order chi connectivity index (χ1) is 16.7. The van der Waals surface area contributed by atoms with Crippen molar-refractivity contribution in [2.45, 2.75) is 49.9 Å². The van der Waals surface area contributed by atoms with Crippen LogP contribution in [0.2, 0.25) is 0 Å². The van der Waals surface area contributed by atoms with Crippen LogP contribution in [0, 0.1) is 0 Å². The second-order valence-electron chi connectivity index (χ2n) is 9.64. The summed E-state index contributed by atoms with van der Waals surface area (Å²) >= 11 is 1.81. The maximum atomic E-state index is 6.00. The fraction of sp³-hybridized carbons (Fsp3) is 0.577. The van der Waals surface area contributed by atoms with Gasteiger partial charge < -0.3 is 10.6 Å². The van der Waals surface area contributed by atoms with Gasteiger partial charge in [-0.3, -0.25) is 24.8 Å². The number of thioether (sulfide) groups is 1. The highest BCUT2D eigenvalue weighted by atomic mass is 32.2. The van der Waals surface area contributed by atoms with Gasteiger partial charge in [-0.25, -0.2) is 0 Å². The molecule has 2 aromatic heterocycles. The van der Waals surface area contributed by atoms with Gasteiger partial charge in [-0.15, -0.1) is 0 Å². The van der Waals surface area contributed by atoms with Crippen molar-refractivity contribution in [3.05, 3.63) is 42.7 Å². The summed E-state index contributed by atoms with van der Waals surface area (Å²) in [5, 5.41) is 1.40. The Labute approximate surface area is 207 Å². The smallest absolute Gasteiger partial charge is 0.154 e. The van der Waals surface area contributed by atoms with Crippen LogP contribution in [-0.2, 0) is 0 Å². The molecule has 8 heteroatoms. The summed E-state index contributed by atoms with van der Waals surface area (Å²) in [5.74, 6) is 0. The number of hydrogen-bond acceptors (Lipinski definition) is 8. The van der Waals surface area contributed by atoms with E-state index in [1.54, 1.807) is 0 Å². The van der Waals surface area contributed by atoms with Gasteiger partial charge >= 0.3 is 0 Å². The zero-order chi connectivity index (χ0) is 23.3. The Bertz CT molecular complexity index is 943. The average Bonchev–Trinajstić information content (AvgIpc) is 3.27. The van der Waals surface area contributed by atoms with Crippen LogP contribution >= 0.6 is 11.8 Å². The molecule has 0 aromatic carbocycles.